The van der Waals surface area contributed by atoms with Gasteiger partial charge in [-0.1, -0.05) is 0 Å². The van der Waals surface area contributed by atoms with Crippen LogP contribution in [0.25, 0.3) is 0 Å². The first kappa shape index (κ1) is 7.61. The highest BCUT2D eigenvalue weighted by molar-refractivity contribution is 4.92. The predicted octanol–water partition coefficient (Wildman–Crippen LogP) is 1.75. The minimum Gasteiger partial charge on any atom is -0.513 e. The SMILES string of the molecule is O/C1=C/CCC(O)CCC1. The second-order valence-electron chi connectivity index (χ2n) is 2.82. The number of rotatable bonds is 0. The van der Waals surface area contributed by atoms with Gasteiger partial charge < -0.3 is 10.2 Å². The Morgan fingerprint density at radius 2 is 2.20 bits per heavy atom. The quantitative estimate of drug-likeness (QED) is 0.541. The molecule has 2 heteroatoms. The molecule has 0 aromatic rings. The molecule has 0 bridgehead atoms. The third-order valence-electron chi connectivity index (χ3n) is 1.85. The molecule has 0 radical (unpaired) electrons. The molecule has 0 aromatic carbocycles. The molecule has 0 heterocycles. The molecule has 0 saturated carbocycles. The summed E-state index contributed by atoms with van der Waals surface area (Å²) in [5.74, 6) is 0.493. The van der Waals surface area contributed by atoms with Gasteiger partial charge in [0.25, 0.3) is 0 Å². The summed E-state index contributed by atoms with van der Waals surface area (Å²) in [6, 6.07) is 0. The van der Waals surface area contributed by atoms with Crippen molar-refractivity contribution in [2.45, 2.75) is 38.2 Å². The monoisotopic (exact) mass is 142 g/mol. The van der Waals surface area contributed by atoms with E-state index in [1.54, 1.807) is 0 Å². The minimum absolute atomic E-state index is 0.149. The number of hydrogen-bond donors (Lipinski definition) is 2. The van der Waals surface area contributed by atoms with Crippen LogP contribution >= 0.6 is 0 Å². The molecule has 1 aliphatic rings. The van der Waals surface area contributed by atoms with Crippen molar-refractivity contribution in [1.29, 1.82) is 0 Å². The van der Waals surface area contributed by atoms with Crippen LogP contribution in [0.2, 0.25) is 0 Å². The summed E-state index contributed by atoms with van der Waals surface area (Å²) in [6.45, 7) is 0. The second kappa shape index (κ2) is 3.62. The molecule has 1 aliphatic carbocycles. The van der Waals surface area contributed by atoms with Gasteiger partial charge in [-0.25, -0.2) is 0 Å². The van der Waals surface area contributed by atoms with Crippen molar-refractivity contribution in [1.82, 2.24) is 0 Å². The summed E-state index contributed by atoms with van der Waals surface area (Å²) in [5.41, 5.74) is 0. The van der Waals surface area contributed by atoms with Crippen LogP contribution < -0.4 is 0 Å². The highest BCUT2D eigenvalue weighted by atomic mass is 16.3. The molecule has 58 valence electrons. The first-order valence-electron chi connectivity index (χ1n) is 3.85. The molecule has 0 saturated heterocycles. The minimum atomic E-state index is -0.149. The van der Waals surface area contributed by atoms with E-state index in [0.29, 0.717) is 5.76 Å². The fourth-order valence-electron chi connectivity index (χ4n) is 1.21. The second-order valence-corrected chi connectivity index (χ2v) is 2.82. The van der Waals surface area contributed by atoms with Crippen LogP contribution in [0.1, 0.15) is 32.1 Å². The van der Waals surface area contributed by atoms with Gasteiger partial charge in [0.2, 0.25) is 0 Å². The van der Waals surface area contributed by atoms with Crippen molar-refractivity contribution in [2.24, 2.45) is 0 Å². The lowest BCUT2D eigenvalue weighted by Crippen LogP contribution is -2.07. The molecule has 1 unspecified atom stereocenters. The topological polar surface area (TPSA) is 40.5 Å². The zero-order valence-corrected chi connectivity index (χ0v) is 6.08. The average molecular weight is 142 g/mol. The van der Waals surface area contributed by atoms with E-state index in [-0.39, 0.29) is 6.10 Å². The van der Waals surface area contributed by atoms with E-state index in [0.717, 1.165) is 32.1 Å². The molecule has 2 N–H and O–H groups in total. The lowest BCUT2D eigenvalue weighted by Gasteiger charge is -2.11. The van der Waals surface area contributed by atoms with E-state index in [1.807, 2.05) is 6.08 Å². The van der Waals surface area contributed by atoms with E-state index in [4.69, 9.17) is 5.11 Å². The fourth-order valence-corrected chi connectivity index (χ4v) is 1.21. The van der Waals surface area contributed by atoms with Crippen LogP contribution in [0.5, 0.6) is 0 Å². The van der Waals surface area contributed by atoms with Gasteiger partial charge in [-0.15, -0.1) is 0 Å². The van der Waals surface area contributed by atoms with Gasteiger partial charge >= 0.3 is 0 Å². The smallest absolute Gasteiger partial charge is 0.0882 e. The van der Waals surface area contributed by atoms with Crippen LogP contribution in [-0.4, -0.2) is 16.3 Å². The highest BCUT2D eigenvalue weighted by Crippen LogP contribution is 2.15. The summed E-state index contributed by atoms with van der Waals surface area (Å²) in [4.78, 5) is 0. The molecule has 0 aliphatic heterocycles. The third-order valence-corrected chi connectivity index (χ3v) is 1.85. The molecule has 0 spiro atoms. The van der Waals surface area contributed by atoms with Gasteiger partial charge in [-0.2, -0.15) is 0 Å². The number of hydrogen-bond acceptors (Lipinski definition) is 2. The first-order valence-corrected chi connectivity index (χ1v) is 3.85. The maximum Gasteiger partial charge on any atom is 0.0882 e. The van der Waals surface area contributed by atoms with Crippen molar-refractivity contribution < 1.29 is 10.2 Å². The van der Waals surface area contributed by atoms with Gasteiger partial charge in [0.15, 0.2) is 0 Å². The van der Waals surface area contributed by atoms with Gasteiger partial charge in [0.1, 0.15) is 0 Å². The molecular formula is C8H14O2. The van der Waals surface area contributed by atoms with E-state index in [9.17, 15) is 5.11 Å². The van der Waals surface area contributed by atoms with Gasteiger partial charge in [-0.05, 0) is 31.8 Å². The lowest BCUT2D eigenvalue weighted by molar-refractivity contribution is 0.148. The van der Waals surface area contributed by atoms with Crippen LogP contribution in [0, 0.1) is 0 Å². The number of aliphatic hydroxyl groups is 2. The van der Waals surface area contributed by atoms with Gasteiger partial charge in [0.05, 0.1) is 11.9 Å². The Hall–Kier alpha value is -0.500. The molecule has 0 aromatic heterocycles. The van der Waals surface area contributed by atoms with E-state index in [1.165, 1.54) is 0 Å². The fraction of sp³-hybridized carbons (Fsp3) is 0.750. The lowest BCUT2D eigenvalue weighted by atomic mass is 10.0. The summed E-state index contributed by atoms with van der Waals surface area (Å²) in [6.07, 6.45) is 5.74. The first-order chi connectivity index (χ1) is 4.79. The average Bonchev–Trinajstić information content (AvgIpc) is 1.84. The van der Waals surface area contributed by atoms with Crippen molar-refractivity contribution >= 4 is 0 Å². The summed E-state index contributed by atoms with van der Waals surface area (Å²) < 4.78 is 0. The molecule has 0 amide bonds. The number of allylic oxidation sites excluding steroid dienone is 2. The summed E-state index contributed by atoms with van der Waals surface area (Å²) in [5, 5.41) is 18.3. The molecule has 1 atom stereocenters. The molecule has 10 heavy (non-hydrogen) atoms. The Kier molecular flexibility index (Phi) is 2.75. The Labute approximate surface area is 61.2 Å². The van der Waals surface area contributed by atoms with E-state index in [2.05, 4.69) is 0 Å². The Bertz CT molecular complexity index is 129. The summed E-state index contributed by atoms with van der Waals surface area (Å²) in [7, 11) is 0. The van der Waals surface area contributed by atoms with Gasteiger partial charge in [-0.3, -0.25) is 0 Å². The van der Waals surface area contributed by atoms with Crippen molar-refractivity contribution in [3.63, 3.8) is 0 Å². The van der Waals surface area contributed by atoms with E-state index >= 15 is 0 Å². The van der Waals surface area contributed by atoms with Crippen molar-refractivity contribution in [3.05, 3.63) is 11.8 Å². The molecule has 0 fully saturated rings. The standard InChI is InChI=1S/C8H14O2/c9-7-3-1-4-8(10)6-2-5-7/h3,8-10H,1-2,4-6H2/b7-3+. The van der Waals surface area contributed by atoms with Crippen LogP contribution in [0.15, 0.2) is 11.8 Å². The third kappa shape index (κ3) is 2.40. The van der Waals surface area contributed by atoms with Crippen LogP contribution in [-0.2, 0) is 0 Å². The largest absolute Gasteiger partial charge is 0.513 e. The predicted molar refractivity (Wildman–Crippen MR) is 39.8 cm³/mol. The zero-order valence-electron chi connectivity index (χ0n) is 6.08. The summed E-state index contributed by atoms with van der Waals surface area (Å²) >= 11 is 0. The normalized spacial score (nSPS) is 33.7. The Morgan fingerprint density at radius 1 is 1.40 bits per heavy atom. The van der Waals surface area contributed by atoms with Crippen molar-refractivity contribution in [2.75, 3.05) is 0 Å². The maximum absolute atomic E-state index is 9.19. The van der Waals surface area contributed by atoms with Crippen molar-refractivity contribution in [3.8, 4) is 0 Å². The Balaban J connectivity index is 2.38. The van der Waals surface area contributed by atoms with Gasteiger partial charge in [0, 0.05) is 6.42 Å². The number of aliphatic hydroxyl groups excluding tert-OH is 2. The highest BCUT2D eigenvalue weighted by Gasteiger charge is 2.06. The van der Waals surface area contributed by atoms with E-state index < -0.39 is 0 Å². The molecule has 2 nitrogen and oxygen atoms in total. The zero-order chi connectivity index (χ0) is 7.40. The molecular weight excluding hydrogens is 128 g/mol. The van der Waals surface area contributed by atoms with Crippen LogP contribution in [0.4, 0.5) is 0 Å². The Morgan fingerprint density at radius 3 is 3.00 bits per heavy atom. The maximum atomic E-state index is 9.19. The molecule has 1 rings (SSSR count). The van der Waals surface area contributed by atoms with Crippen LogP contribution in [0.3, 0.4) is 0 Å².